The fraction of sp³-hybridized carbons (Fsp3) is 0.200. The van der Waals surface area contributed by atoms with Crippen LogP contribution in [-0.4, -0.2) is 19.6 Å². The van der Waals surface area contributed by atoms with Crippen molar-refractivity contribution in [2.24, 2.45) is 0 Å². The first-order valence-corrected chi connectivity index (χ1v) is 6.54. The summed E-state index contributed by atoms with van der Waals surface area (Å²) in [7, 11) is 0. The van der Waals surface area contributed by atoms with Gasteiger partial charge in [0.15, 0.2) is 0 Å². The van der Waals surface area contributed by atoms with Gasteiger partial charge in [-0.2, -0.15) is 18.2 Å². The number of imidazole rings is 1. The monoisotopic (exact) mass is 307 g/mol. The molecule has 1 aromatic carbocycles. The van der Waals surface area contributed by atoms with Crippen LogP contribution >= 0.6 is 0 Å². The number of fused-ring (bicyclic) bond motifs is 1. The Morgan fingerprint density at radius 2 is 1.82 bits per heavy atom. The molecule has 0 bridgehead atoms. The van der Waals surface area contributed by atoms with Crippen molar-refractivity contribution >= 4 is 11.0 Å². The highest BCUT2D eigenvalue weighted by molar-refractivity contribution is 5.79. The highest BCUT2D eigenvalue weighted by Crippen LogP contribution is 2.32. The van der Waals surface area contributed by atoms with E-state index in [0.29, 0.717) is 0 Å². The summed E-state index contributed by atoms with van der Waals surface area (Å²) in [6, 6.07) is 9.71. The average molecular weight is 307 g/mol. The average Bonchev–Trinajstić information content (AvgIpc) is 2.77. The number of aromatic nitrogens is 3. The third-order valence-corrected chi connectivity index (χ3v) is 3.36. The van der Waals surface area contributed by atoms with Crippen LogP contribution < -0.4 is 0 Å². The van der Waals surface area contributed by atoms with E-state index in [1.807, 2.05) is 30.3 Å². The first-order valence-electron chi connectivity index (χ1n) is 6.54. The quantitative estimate of drug-likeness (QED) is 0.788. The molecule has 2 aromatic heterocycles. The maximum Gasteiger partial charge on any atom is 0.433 e. The molecule has 0 unspecified atom stereocenters. The van der Waals surface area contributed by atoms with Gasteiger partial charge in [0.2, 0.25) is 0 Å². The number of benzene rings is 1. The van der Waals surface area contributed by atoms with Crippen LogP contribution in [0.1, 0.15) is 17.0 Å². The molecule has 7 heteroatoms. The lowest BCUT2D eigenvalue weighted by molar-refractivity contribution is -0.141. The van der Waals surface area contributed by atoms with Gasteiger partial charge in [-0.3, -0.25) is 4.57 Å². The summed E-state index contributed by atoms with van der Waals surface area (Å²) in [5.74, 6) is 0. The summed E-state index contributed by atoms with van der Waals surface area (Å²) < 4.78 is 40.1. The number of aromatic hydroxyl groups is 1. The Balaban J connectivity index is 2.17. The van der Waals surface area contributed by atoms with Gasteiger partial charge in [-0.05, 0) is 18.6 Å². The summed E-state index contributed by atoms with van der Waals surface area (Å²) in [5.41, 5.74) is 0.460. The van der Waals surface area contributed by atoms with Gasteiger partial charge < -0.3 is 5.11 Å². The zero-order valence-corrected chi connectivity index (χ0v) is 11.6. The number of alkyl halides is 3. The third-order valence-electron chi connectivity index (χ3n) is 3.36. The predicted molar refractivity (Wildman–Crippen MR) is 74.5 cm³/mol. The lowest BCUT2D eigenvalue weighted by Crippen LogP contribution is -2.09. The van der Waals surface area contributed by atoms with Crippen molar-refractivity contribution in [3.8, 4) is 6.01 Å². The van der Waals surface area contributed by atoms with Gasteiger partial charge in [0.1, 0.15) is 11.2 Å². The standard InChI is InChI=1S/C15H12F3N3O/c1-9-13-11(7-12(19-9)15(16,17)18)21(14(22)20-13)8-10-5-3-2-4-6-10/h2-7H,8H2,1H3,(H,20,22). The first kappa shape index (κ1) is 14.4. The smallest absolute Gasteiger partial charge is 0.433 e. The maximum absolute atomic E-state index is 12.9. The number of halogens is 3. The summed E-state index contributed by atoms with van der Waals surface area (Å²) in [6.45, 7) is 1.67. The van der Waals surface area contributed by atoms with Crippen molar-refractivity contribution in [1.82, 2.24) is 14.5 Å². The number of aryl methyl sites for hydroxylation is 1. The molecule has 0 aliphatic heterocycles. The topological polar surface area (TPSA) is 50.9 Å². The van der Waals surface area contributed by atoms with Crippen molar-refractivity contribution in [1.29, 1.82) is 0 Å². The zero-order chi connectivity index (χ0) is 15.9. The Morgan fingerprint density at radius 1 is 1.14 bits per heavy atom. The van der Waals surface area contributed by atoms with Crippen LogP contribution in [0.3, 0.4) is 0 Å². The van der Waals surface area contributed by atoms with E-state index in [0.717, 1.165) is 11.6 Å². The molecule has 0 aliphatic carbocycles. The summed E-state index contributed by atoms with van der Waals surface area (Å²) in [5, 5.41) is 9.96. The van der Waals surface area contributed by atoms with Gasteiger partial charge >= 0.3 is 6.18 Å². The maximum atomic E-state index is 12.9. The predicted octanol–water partition coefficient (Wildman–Crippen LogP) is 3.51. The molecule has 0 amide bonds. The van der Waals surface area contributed by atoms with Crippen LogP contribution in [0.4, 0.5) is 13.2 Å². The Hall–Kier alpha value is -2.57. The number of nitrogens with zero attached hydrogens (tertiary/aromatic N) is 3. The number of hydrogen-bond acceptors (Lipinski definition) is 3. The number of hydrogen-bond donors (Lipinski definition) is 1. The molecular formula is C15H12F3N3O. The minimum absolute atomic E-state index is 0.131. The van der Waals surface area contributed by atoms with E-state index in [2.05, 4.69) is 9.97 Å². The minimum Gasteiger partial charge on any atom is -0.480 e. The zero-order valence-electron chi connectivity index (χ0n) is 11.6. The summed E-state index contributed by atoms with van der Waals surface area (Å²) >= 11 is 0. The molecule has 1 N–H and O–H groups in total. The van der Waals surface area contributed by atoms with Crippen molar-refractivity contribution in [2.45, 2.75) is 19.6 Å². The number of rotatable bonds is 2. The van der Waals surface area contributed by atoms with Crippen LogP contribution in [0.15, 0.2) is 36.4 Å². The molecule has 0 aliphatic rings. The third kappa shape index (κ3) is 2.49. The Labute approximate surface area is 123 Å². The molecule has 0 radical (unpaired) electrons. The largest absolute Gasteiger partial charge is 0.480 e. The van der Waals surface area contributed by atoms with E-state index >= 15 is 0 Å². The lowest BCUT2D eigenvalue weighted by Gasteiger charge is -2.09. The van der Waals surface area contributed by atoms with Crippen molar-refractivity contribution < 1.29 is 18.3 Å². The van der Waals surface area contributed by atoms with Crippen molar-refractivity contribution in [3.05, 3.63) is 53.3 Å². The molecule has 4 nitrogen and oxygen atoms in total. The fourth-order valence-electron chi connectivity index (χ4n) is 2.33. The van der Waals surface area contributed by atoms with E-state index in [9.17, 15) is 18.3 Å². The minimum atomic E-state index is -4.55. The van der Waals surface area contributed by atoms with Crippen LogP contribution in [0.2, 0.25) is 0 Å². The van der Waals surface area contributed by atoms with Gasteiger partial charge in [0, 0.05) is 0 Å². The second-order valence-corrected chi connectivity index (χ2v) is 4.94. The molecule has 0 saturated carbocycles. The lowest BCUT2D eigenvalue weighted by atomic mass is 10.2. The van der Waals surface area contributed by atoms with Gasteiger partial charge in [-0.1, -0.05) is 30.3 Å². The van der Waals surface area contributed by atoms with E-state index < -0.39 is 11.9 Å². The van der Waals surface area contributed by atoms with Gasteiger partial charge in [-0.25, -0.2) is 4.98 Å². The highest BCUT2D eigenvalue weighted by atomic mass is 19.4. The summed E-state index contributed by atoms with van der Waals surface area (Å²) in [6.07, 6.45) is -4.55. The second kappa shape index (κ2) is 5.01. The first-order chi connectivity index (χ1) is 10.4. The highest BCUT2D eigenvalue weighted by Gasteiger charge is 2.34. The Morgan fingerprint density at radius 3 is 2.45 bits per heavy atom. The van der Waals surface area contributed by atoms with E-state index in [1.54, 1.807) is 0 Å². The van der Waals surface area contributed by atoms with Crippen LogP contribution in [0.25, 0.3) is 11.0 Å². The van der Waals surface area contributed by atoms with Gasteiger partial charge in [-0.15, -0.1) is 0 Å². The van der Waals surface area contributed by atoms with E-state index in [-0.39, 0.29) is 29.3 Å². The van der Waals surface area contributed by atoms with E-state index in [1.165, 1.54) is 11.5 Å². The number of pyridine rings is 1. The molecule has 0 fully saturated rings. The molecule has 0 spiro atoms. The van der Waals surface area contributed by atoms with Crippen molar-refractivity contribution in [2.75, 3.05) is 0 Å². The van der Waals surface area contributed by atoms with E-state index in [4.69, 9.17) is 0 Å². The molecule has 22 heavy (non-hydrogen) atoms. The molecular weight excluding hydrogens is 295 g/mol. The molecule has 0 atom stereocenters. The molecule has 3 aromatic rings. The summed E-state index contributed by atoms with van der Waals surface area (Å²) in [4.78, 5) is 7.44. The molecule has 2 heterocycles. The van der Waals surface area contributed by atoms with Crippen molar-refractivity contribution in [3.63, 3.8) is 0 Å². The normalized spacial score (nSPS) is 12.0. The fourth-order valence-corrected chi connectivity index (χ4v) is 2.33. The van der Waals surface area contributed by atoms with Gasteiger partial charge in [0.05, 0.1) is 17.8 Å². The second-order valence-electron chi connectivity index (χ2n) is 4.94. The molecule has 114 valence electrons. The molecule has 3 rings (SSSR count). The SMILES string of the molecule is Cc1nc(C(F)(F)F)cc2c1nc(O)n2Cc1ccccc1. The van der Waals surface area contributed by atoms with Crippen LogP contribution in [0, 0.1) is 6.92 Å². The Bertz CT molecular complexity index is 825. The molecule has 0 saturated heterocycles. The van der Waals surface area contributed by atoms with Gasteiger partial charge in [0.25, 0.3) is 6.01 Å². The Kier molecular flexibility index (Phi) is 3.27. The van der Waals surface area contributed by atoms with Crippen LogP contribution in [0.5, 0.6) is 6.01 Å². The van der Waals surface area contributed by atoms with Crippen LogP contribution in [-0.2, 0) is 12.7 Å².